The second kappa shape index (κ2) is 6.96. The highest BCUT2D eigenvalue weighted by Crippen LogP contribution is 2.31. The molecule has 1 aromatic carbocycles. The monoisotopic (exact) mass is 390 g/mol. The highest BCUT2D eigenvalue weighted by molar-refractivity contribution is 9.10. The van der Waals surface area contributed by atoms with Gasteiger partial charge in [-0.05, 0) is 24.3 Å². The minimum Gasteiger partial charge on any atom is -0.362 e. The molecular formula is C16H15BrN4O3. The van der Waals surface area contributed by atoms with Gasteiger partial charge in [0.25, 0.3) is 11.6 Å². The maximum Gasteiger partial charge on any atom is 0.293 e. The van der Waals surface area contributed by atoms with E-state index in [0.717, 1.165) is 0 Å². The fourth-order valence-electron chi connectivity index (χ4n) is 2.74. The van der Waals surface area contributed by atoms with Crippen molar-refractivity contribution in [2.24, 2.45) is 0 Å². The molecule has 1 saturated heterocycles. The second-order valence-corrected chi connectivity index (χ2v) is 6.32. The first-order valence-electron chi connectivity index (χ1n) is 7.44. The van der Waals surface area contributed by atoms with Crippen LogP contribution in [0.5, 0.6) is 0 Å². The van der Waals surface area contributed by atoms with E-state index in [1.165, 1.54) is 6.07 Å². The van der Waals surface area contributed by atoms with Crippen molar-refractivity contribution in [3.63, 3.8) is 0 Å². The molecule has 3 rings (SSSR count). The number of amides is 1. The lowest BCUT2D eigenvalue weighted by atomic mass is 10.2. The van der Waals surface area contributed by atoms with Crippen molar-refractivity contribution in [2.45, 2.75) is 0 Å². The van der Waals surface area contributed by atoms with Crippen LogP contribution in [0.2, 0.25) is 0 Å². The Morgan fingerprint density at radius 3 is 2.42 bits per heavy atom. The van der Waals surface area contributed by atoms with Gasteiger partial charge in [0, 0.05) is 54.7 Å². The number of rotatable bonds is 3. The minimum absolute atomic E-state index is 0.0395. The number of aromatic nitrogens is 1. The van der Waals surface area contributed by atoms with Crippen LogP contribution in [0.3, 0.4) is 0 Å². The van der Waals surface area contributed by atoms with E-state index in [4.69, 9.17) is 0 Å². The van der Waals surface area contributed by atoms with Gasteiger partial charge in [0.05, 0.1) is 4.92 Å². The third kappa shape index (κ3) is 3.38. The van der Waals surface area contributed by atoms with Crippen LogP contribution in [-0.2, 0) is 0 Å². The van der Waals surface area contributed by atoms with Crippen LogP contribution in [0.4, 0.5) is 11.4 Å². The summed E-state index contributed by atoms with van der Waals surface area (Å²) >= 11 is 3.26. The Bertz CT molecular complexity index is 761. The molecule has 8 heteroatoms. The summed E-state index contributed by atoms with van der Waals surface area (Å²) in [6.07, 6.45) is 3.18. The number of piperazine rings is 1. The van der Waals surface area contributed by atoms with Gasteiger partial charge in [0.2, 0.25) is 0 Å². The van der Waals surface area contributed by atoms with E-state index in [-0.39, 0.29) is 16.5 Å². The van der Waals surface area contributed by atoms with Crippen molar-refractivity contribution in [1.29, 1.82) is 0 Å². The van der Waals surface area contributed by atoms with Crippen molar-refractivity contribution in [3.05, 3.63) is 62.9 Å². The third-order valence-corrected chi connectivity index (χ3v) is 4.46. The molecule has 1 aromatic heterocycles. The van der Waals surface area contributed by atoms with Crippen molar-refractivity contribution in [2.75, 3.05) is 31.1 Å². The van der Waals surface area contributed by atoms with Gasteiger partial charge >= 0.3 is 0 Å². The molecule has 2 aromatic rings. The average Bonchev–Trinajstić information content (AvgIpc) is 2.62. The second-order valence-electron chi connectivity index (χ2n) is 5.41. The topological polar surface area (TPSA) is 79.6 Å². The van der Waals surface area contributed by atoms with E-state index in [1.54, 1.807) is 41.6 Å². The molecule has 0 aliphatic carbocycles. The number of nitro groups is 1. The number of nitrogens with zero attached hydrogens (tertiary/aromatic N) is 4. The number of halogens is 1. The molecule has 0 unspecified atom stereocenters. The van der Waals surface area contributed by atoms with Crippen LogP contribution in [0.25, 0.3) is 0 Å². The van der Waals surface area contributed by atoms with E-state index in [0.29, 0.717) is 41.9 Å². The first-order chi connectivity index (χ1) is 11.6. The molecule has 0 bridgehead atoms. The molecule has 24 heavy (non-hydrogen) atoms. The van der Waals surface area contributed by atoms with E-state index in [1.807, 2.05) is 4.90 Å². The lowest BCUT2D eigenvalue weighted by Crippen LogP contribution is -2.49. The van der Waals surface area contributed by atoms with Gasteiger partial charge in [-0.25, -0.2) is 0 Å². The molecular weight excluding hydrogens is 376 g/mol. The predicted molar refractivity (Wildman–Crippen MR) is 93.1 cm³/mol. The Morgan fingerprint density at radius 2 is 1.79 bits per heavy atom. The van der Waals surface area contributed by atoms with Crippen molar-refractivity contribution >= 4 is 33.2 Å². The Kier molecular flexibility index (Phi) is 4.75. The largest absolute Gasteiger partial charge is 0.362 e. The van der Waals surface area contributed by atoms with Crippen LogP contribution >= 0.6 is 15.9 Å². The number of carbonyl (C=O) groups is 1. The Morgan fingerprint density at radius 1 is 1.12 bits per heavy atom. The zero-order valence-electron chi connectivity index (χ0n) is 12.8. The summed E-state index contributed by atoms with van der Waals surface area (Å²) in [5.74, 6) is -0.0395. The molecule has 2 heterocycles. The first kappa shape index (κ1) is 16.4. The zero-order valence-corrected chi connectivity index (χ0v) is 14.3. The number of hydrogen-bond donors (Lipinski definition) is 0. The first-order valence-corrected chi connectivity index (χ1v) is 8.24. The molecule has 1 amide bonds. The van der Waals surface area contributed by atoms with Gasteiger partial charge in [-0.3, -0.25) is 19.9 Å². The van der Waals surface area contributed by atoms with Gasteiger partial charge in [-0.15, -0.1) is 0 Å². The van der Waals surface area contributed by atoms with Crippen LogP contribution in [0, 0.1) is 10.1 Å². The van der Waals surface area contributed by atoms with Crippen LogP contribution < -0.4 is 4.90 Å². The Labute approximate surface area is 147 Å². The van der Waals surface area contributed by atoms with Crippen LogP contribution in [0.15, 0.2) is 47.2 Å². The van der Waals surface area contributed by atoms with Crippen LogP contribution in [-0.4, -0.2) is 46.9 Å². The number of carbonyl (C=O) groups excluding carboxylic acids is 1. The molecule has 1 aliphatic rings. The third-order valence-electron chi connectivity index (χ3n) is 3.97. The van der Waals surface area contributed by atoms with E-state index < -0.39 is 0 Å². The van der Waals surface area contributed by atoms with Gasteiger partial charge in [-0.2, -0.15) is 0 Å². The maximum atomic E-state index is 12.4. The van der Waals surface area contributed by atoms with E-state index in [2.05, 4.69) is 20.9 Å². The fraction of sp³-hybridized carbons (Fsp3) is 0.250. The van der Waals surface area contributed by atoms with Gasteiger partial charge < -0.3 is 9.80 Å². The lowest BCUT2D eigenvalue weighted by Gasteiger charge is -2.35. The maximum absolute atomic E-state index is 12.4. The number of hydrogen-bond acceptors (Lipinski definition) is 5. The average molecular weight is 391 g/mol. The molecule has 0 spiro atoms. The minimum atomic E-state index is -0.380. The summed E-state index contributed by atoms with van der Waals surface area (Å²) in [5.41, 5.74) is 1.26. The Balaban J connectivity index is 1.72. The molecule has 0 saturated carbocycles. The highest BCUT2D eigenvalue weighted by atomic mass is 79.9. The van der Waals surface area contributed by atoms with Gasteiger partial charge in [-0.1, -0.05) is 15.9 Å². The Hall–Kier alpha value is -2.48. The standard InChI is InChI=1S/C16H15BrN4O3/c17-13-1-2-14(15(11-13)21(23)24)19-7-9-20(10-8-19)16(22)12-3-5-18-6-4-12/h1-6,11H,7-10H2. The smallest absolute Gasteiger partial charge is 0.293 e. The number of pyridine rings is 1. The highest BCUT2D eigenvalue weighted by Gasteiger charge is 2.26. The molecule has 7 nitrogen and oxygen atoms in total. The summed E-state index contributed by atoms with van der Waals surface area (Å²) in [6.45, 7) is 2.15. The molecule has 0 radical (unpaired) electrons. The summed E-state index contributed by atoms with van der Waals surface area (Å²) in [6, 6.07) is 8.41. The van der Waals surface area contributed by atoms with Crippen molar-refractivity contribution in [3.8, 4) is 0 Å². The van der Waals surface area contributed by atoms with E-state index >= 15 is 0 Å². The molecule has 124 valence electrons. The summed E-state index contributed by atoms with van der Waals surface area (Å²) in [7, 11) is 0. The molecule has 1 aliphatic heterocycles. The molecule has 1 fully saturated rings. The fourth-order valence-corrected chi connectivity index (χ4v) is 3.09. The van der Waals surface area contributed by atoms with Crippen molar-refractivity contribution < 1.29 is 9.72 Å². The zero-order chi connectivity index (χ0) is 17.1. The molecule has 0 N–H and O–H groups in total. The van der Waals surface area contributed by atoms with Crippen LogP contribution in [0.1, 0.15) is 10.4 Å². The summed E-state index contributed by atoms with van der Waals surface area (Å²) in [5, 5.41) is 11.3. The normalized spacial score (nSPS) is 14.5. The quantitative estimate of drug-likeness (QED) is 0.594. The molecule has 0 atom stereocenters. The number of nitro benzene ring substituents is 1. The van der Waals surface area contributed by atoms with Crippen molar-refractivity contribution in [1.82, 2.24) is 9.88 Å². The van der Waals surface area contributed by atoms with Gasteiger partial charge in [0.1, 0.15) is 5.69 Å². The van der Waals surface area contributed by atoms with E-state index in [9.17, 15) is 14.9 Å². The lowest BCUT2D eigenvalue weighted by molar-refractivity contribution is -0.384. The summed E-state index contributed by atoms with van der Waals surface area (Å²) in [4.78, 5) is 30.9. The predicted octanol–water partition coefficient (Wildman–Crippen LogP) is 2.71. The number of benzene rings is 1. The number of anilines is 1. The SMILES string of the molecule is O=C(c1ccncc1)N1CCN(c2ccc(Br)cc2[N+](=O)[O-])CC1. The van der Waals surface area contributed by atoms with Gasteiger partial charge in [0.15, 0.2) is 0 Å². The summed E-state index contributed by atoms with van der Waals surface area (Å²) < 4.78 is 0.671.